The molecule has 5 rings (SSSR count). The van der Waals surface area contributed by atoms with Crippen LogP contribution < -0.4 is 15.8 Å². The topological polar surface area (TPSA) is 79.8 Å². The molecular formula is C20H23N7OS. The van der Waals surface area contributed by atoms with E-state index in [2.05, 4.69) is 34.1 Å². The SMILES string of the molecule is Cc1cn2nc(-c3cc(=O)n4cc(N5CCNC(C)(C)C5)sc4n3)cc(C)c2n1. The summed E-state index contributed by atoms with van der Waals surface area (Å²) < 4.78 is 3.39. The van der Waals surface area contributed by atoms with Gasteiger partial charge in [0.25, 0.3) is 5.56 Å². The lowest BCUT2D eigenvalue weighted by Crippen LogP contribution is -2.57. The number of aryl methyl sites for hydroxylation is 2. The molecule has 4 aromatic rings. The summed E-state index contributed by atoms with van der Waals surface area (Å²) in [5.74, 6) is 0. The number of anilines is 1. The molecule has 0 bridgehead atoms. The highest BCUT2D eigenvalue weighted by Crippen LogP contribution is 2.28. The molecule has 9 heteroatoms. The number of aromatic nitrogens is 5. The highest BCUT2D eigenvalue weighted by Gasteiger charge is 2.27. The standard InChI is InChI=1S/C20H23N7OS/c1-12-7-15(24-27-9-13(2)22-18(12)27)14-8-16(28)26-10-17(29-19(26)23-14)25-6-5-21-20(3,4)11-25/h7-10,21H,5-6,11H2,1-4H3. The lowest BCUT2D eigenvalue weighted by atomic mass is 10.0. The lowest BCUT2D eigenvalue weighted by Gasteiger charge is -2.39. The normalized spacial score (nSPS) is 16.8. The van der Waals surface area contributed by atoms with E-state index >= 15 is 0 Å². The van der Waals surface area contributed by atoms with E-state index in [9.17, 15) is 4.79 Å². The van der Waals surface area contributed by atoms with Crippen molar-refractivity contribution in [1.29, 1.82) is 0 Å². The van der Waals surface area contributed by atoms with Crippen LogP contribution in [0.15, 0.2) is 29.3 Å². The minimum absolute atomic E-state index is 0.0394. The van der Waals surface area contributed by atoms with Gasteiger partial charge in [-0.15, -0.1) is 0 Å². The molecule has 150 valence electrons. The largest absolute Gasteiger partial charge is 0.359 e. The van der Waals surface area contributed by atoms with Crippen LogP contribution in [0.25, 0.3) is 22.0 Å². The van der Waals surface area contributed by atoms with E-state index in [1.54, 1.807) is 26.3 Å². The van der Waals surface area contributed by atoms with Crippen LogP contribution in [0.4, 0.5) is 5.00 Å². The van der Waals surface area contributed by atoms with Crippen molar-refractivity contribution in [3.05, 3.63) is 46.1 Å². The third-order valence-corrected chi connectivity index (χ3v) is 6.27. The Hall–Kier alpha value is -2.78. The predicted octanol–water partition coefficient (Wildman–Crippen LogP) is 2.27. The molecule has 0 saturated carbocycles. The molecule has 1 N–H and O–H groups in total. The van der Waals surface area contributed by atoms with E-state index in [4.69, 9.17) is 4.98 Å². The fraction of sp³-hybridized carbons (Fsp3) is 0.400. The van der Waals surface area contributed by atoms with Crippen molar-refractivity contribution in [2.75, 3.05) is 24.5 Å². The van der Waals surface area contributed by atoms with Crippen LogP contribution >= 0.6 is 11.3 Å². The molecule has 0 aliphatic carbocycles. The fourth-order valence-electron chi connectivity index (χ4n) is 3.87. The molecule has 1 fully saturated rings. The van der Waals surface area contributed by atoms with Crippen LogP contribution in [-0.4, -0.2) is 49.2 Å². The predicted molar refractivity (Wildman–Crippen MR) is 115 cm³/mol. The second kappa shape index (κ2) is 6.36. The van der Waals surface area contributed by atoms with Gasteiger partial charge in [0.15, 0.2) is 10.6 Å². The maximum atomic E-state index is 12.8. The number of fused-ring (bicyclic) bond motifs is 2. The third-order valence-electron chi connectivity index (χ3n) is 5.23. The number of imidazole rings is 1. The van der Waals surface area contributed by atoms with Gasteiger partial charge in [-0.3, -0.25) is 9.20 Å². The zero-order valence-corrected chi connectivity index (χ0v) is 17.7. The van der Waals surface area contributed by atoms with E-state index < -0.39 is 0 Å². The van der Waals surface area contributed by atoms with E-state index in [1.807, 2.05) is 32.3 Å². The first-order valence-electron chi connectivity index (χ1n) is 9.66. The molecule has 29 heavy (non-hydrogen) atoms. The van der Waals surface area contributed by atoms with E-state index in [1.165, 1.54) is 0 Å². The first-order chi connectivity index (χ1) is 13.8. The van der Waals surface area contributed by atoms with Crippen LogP contribution in [0.2, 0.25) is 0 Å². The first kappa shape index (κ1) is 18.3. The summed E-state index contributed by atoms with van der Waals surface area (Å²) in [6, 6.07) is 3.50. The Morgan fingerprint density at radius 3 is 2.76 bits per heavy atom. The molecule has 0 atom stereocenters. The molecule has 4 aromatic heterocycles. The number of nitrogens with one attached hydrogen (secondary N) is 1. The third kappa shape index (κ3) is 3.20. The molecule has 0 amide bonds. The number of rotatable bonds is 2. The fourth-order valence-corrected chi connectivity index (χ4v) is 4.88. The summed E-state index contributed by atoms with van der Waals surface area (Å²) in [4.78, 5) is 25.0. The van der Waals surface area contributed by atoms with Gasteiger partial charge in [-0.05, 0) is 39.3 Å². The molecule has 8 nitrogen and oxygen atoms in total. The van der Waals surface area contributed by atoms with Crippen LogP contribution in [0.1, 0.15) is 25.1 Å². The van der Waals surface area contributed by atoms with Gasteiger partial charge in [0, 0.05) is 37.4 Å². The maximum absolute atomic E-state index is 12.8. The molecule has 0 radical (unpaired) electrons. The summed E-state index contributed by atoms with van der Waals surface area (Å²) in [6.07, 6.45) is 3.79. The number of piperazine rings is 1. The number of hydrogen-bond donors (Lipinski definition) is 1. The molecular weight excluding hydrogens is 386 g/mol. The minimum atomic E-state index is -0.0942. The quantitative estimate of drug-likeness (QED) is 0.547. The van der Waals surface area contributed by atoms with Crippen LogP contribution in [0, 0.1) is 13.8 Å². The molecule has 0 unspecified atom stereocenters. The highest BCUT2D eigenvalue weighted by atomic mass is 32.1. The smallest absolute Gasteiger partial charge is 0.259 e. The van der Waals surface area contributed by atoms with Crippen molar-refractivity contribution in [3.63, 3.8) is 0 Å². The summed E-state index contributed by atoms with van der Waals surface area (Å²) in [5, 5.41) is 9.20. The second-order valence-corrected chi connectivity index (χ2v) is 9.28. The van der Waals surface area contributed by atoms with Crippen molar-refractivity contribution < 1.29 is 0 Å². The number of hydrogen-bond acceptors (Lipinski definition) is 7. The monoisotopic (exact) mass is 409 g/mol. The first-order valence-corrected chi connectivity index (χ1v) is 10.5. The lowest BCUT2D eigenvalue weighted by molar-refractivity contribution is 0.354. The van der Waals surface area contributed by atoms with Gasteiger partial charge >= 0.3 is 0 Å². The Kier molecular flexibility index (Phi) is 4.01. The minimum Gasteiger partial charge on any atom is -0.359 e. The molecule has 1 aliphatic rings. The van der Waals surface area contributed by atoms with Crippen molar-refractivity contribution in [2.24, 2.45) is 0 Å². The Labute approximate surface area is 171 Å². The van der Waals surface area contributed by atoms with Gasteiger partial charge in [0.1, 0.15) is 10.7 Å². The van der Waals surface area contributed by atoms with Gasteiger partial charge < -0.3 is 10.2 Å². The molecule has 1 aliphatic heterocycles. The van der Waals surface area contributed by atoms with Crippen LogP contribution in [0.5, 0.6) is 0 Å². The second-order valence-electron chi connectivity index (χ2n) is 8.30. The molecule has 1 saturated heterocycles. The van der Waals surface area contributed by atoms with Crippen molar-refractivity contribution >= 4 is 26.9 Å². The zero-order chi connectivity index (χ0) is 20.3. The number of thiazole rings is 1. The van der Waals surface area contributed by atoms with E-state index in [-0.39, 0.29) is 11.1 Å². The van der Waals surface area contributed by atoms with Gasteiger partial charge in [-0.2, -0.15) is 5.10 Å². The van der Waals surface area contributed by atoms with Gasteiger partial charge in [0.05, 0.1) is 17.6 Å². The Bertz CT molecular complexity index is 1300. The zero-order valence-electron chi connectivity index (χ0n) is 16.9. The van der Waals surface area contributed by atoms with Crippen molar-refractivity contribution in [1.82, 2.24) is 29.3 Å². The van der Waals surface area contributed by atoms with Gasteiger partial charge in [-0.25, -0.2) is 14.5 Å². The maximum Gasteiger partial charge on any atom is 0.259 e. The van der Waals surface area contributed by atoms with Crippen molar-refractivity contribution in [2.45, 2.75) is 33.2 Å². The average Bonchev–Trinajstić information content (AvgIpc) is 3.24. The summed E-state index contributed by atoms with van der Waals surface area (Å²) >= 11 is 1.54. The van der Waals surface area contributed by atoms with Gasteiger partial charge in [-0.1, -0.05) is 11.3 Å². The van der Waals surface area contributed by atoms with E-state index in [0.717, 1.165) is 41.5 Å². The van der Waals surface area contributed by atoms with E-state index in [0.29, 0.717) is 16.3 Å². The molecule has 5 heterocycles. The van der Waals surface area contributed by atoms with Crippen LogP contribution in [0.3, 0.4) is 0 Å². The highest BCUT2D eigenvalue weighted by molar-refractivity contribution is 7.20. The average molecular weight is 410 g/mol. The Morgan fingerprint density at radius 1 is 1.14 bits per heavy atom. The Balaban J connectivity index is 1.59. The summed E-state index contributed by atoms with van der Waals surface area (Å²) in [7, 11) is 0. The molecule has 0 aromatic carbocycles. The molecule has 0 spiro atoms. The van der Waals surface area contributed by atoms with Gasteiger partial charge in [0.2, 0.25) is 0 Å². The van der Waals surface area contributed by atoms with Crippen molar-refractivity contribution in [3.8, 4) is 11.4 Å². The number of nitrogens with zero attached hydrogens (tertiary/aromatic N) is 6. The van der Waals surface area contributed by atoms with Crippen LogP contribution in [-0.2, 0) is 0 Å². The Morgan fingerprint density at radius 2 is 1.97 bits per heavy atom. The summed E-state index contributed by atoms with van der Waals surface area (Å²) in [5.41, 5.74) is 3.93. The summed E-state index contributed by atoms with van der Waals surface area (Å²) in [6.45, 7) is 11.0.